The minimum Gasteiger partial charge on any atom is -0.491 e. The van der Waals surface area contributed by atoms with E-state index in [9.17, 15) is 14.4 Å². The first kappa shape index (κ1) is 21.9. The normalized spacial score (nSPS) is 10.7. The SMILES string of the molecule is CCOC(=O)CC(=O)c1ccsc1NC(=O)c1nc2ccc(OCCOC)cc2s1. The van der Waals surface area contributed by atoms with Crippen molar-refractivity contribution in [3.63, 3.8) is 0 Å². The average Bonchev–Trinajstić information content (AvgIpc) is 3.34. The fraction of sp³-hybridized carbons (Fsp3) is 0.300. The molecule has 0 saturated heterocycles. The number of ketones is 1. The Balaban J connectivity index is 1.70. The molecule has 0 aliphatic rings. The number of methoxy groups -OCH3 is 1. The van der Waals surface area contributed by atoms with Crippen LogP contribution in [0.4, 0.5) is 5.00 Å². The molecule has 2 aromatic heterocycles. The van der Waals surface area contributed by atoms with Gasteiger partial charge in [0.15, 0.2) is 10.8 Å². The Morgan fingerprint density at radius 2 is 2.00 bits per heavy atom. The lowest BCUT2D eigenvalue weighted by atomic mass is 10.1. The molecular weight excluding hydrogens is 428 g/mol. The Morgan fingerprint density at radius 3 is 2.77 bits per heavy atom. The lowest BCUT2D eigenvalue weighted by molar-refractivity contribution is -0.141. The van der Waals surface area contributed by atoms with Crippen LogP contribution in [0.1, 0.15) is 33.5 Å². The number of nitrogens with one attached hydrogen (secondary N) is 1. The Labute approximate surface area is 180 Å². The summed E-state index contributed by atoms with van der Waals surface area (Å²) in [5, 5.41) is 5.03. The number of anilines is 1. The van der Waals surface area contributed by atoms with E-state index in [0.29, 0.717) is 29.5 Å². The summed E-state index contributed by atoms with van der Waals surface area (Å²) in [7, 11) is 1.60. The monoisotopic (exact) mass is 448 g/mol. The van der Waals surface area contributed by atoms with E-state index in [0.717, 1.165) is 4.70 Å². The fourth-order valence-corrected chi connectivity index (χ4v) is 4.25. The van der Waals surface area contributed by atoms with E-state index in [1.165, 1.54) is 22.7 Å². The summed E-state index contributed by atoms with van der Waals surface area (Å²) in [6.45, 7) is 2.78. The van der Waals surface area contributed by atoms with Gasteiger partial charge in [-0.3, -0.25) is 14.4 Å². The van der Waals surface area contributed by atoms with Crippen LogP contribution in [0, 0.1) is 0 Å². The maximum absolute atomic E-state index is 12.7. The molecule has 0 radical (unpaired) electrons. The highest BCUT2D eigenvalue weighted by Gasteiger charge is 2.20. The van der Waals surface area contributed by atoms with E-state index in [1.54, 1.807) is 37.6 Å². The molecule has 0 fully saturated rings. The molecule has 0 unspecified atom stereocenters. The molecule has 0 atom stereocenters. The molecule has 2 heterocycles. The van der Waals surface area contributed by atoms with Crippen LogP contribution in [0.3, 0.4) is 0 Å². The van der Waals surface area contributed by atoms with Gasteiger partial charge in [-0.25, -0.2) is 4.98 Å². The van der Waals surface area contributed by atoms with Crippen molar-refractivity contribution < 1.29 is 28.6 Å². The van der Waals surface area contributed by atoms with Gasteiger partial charge in [0.2, 0.25) is 0 Å². The maximum atomic E-state index is 12.7. The van der Waals surface area contributed by atoms with Crippen LogP contribution in [-0.4, -0.2) is 49.6 Å². The molecule has 3 aromatic rings. The predicted molar refractivity (Wildman–Crippen MR) is 115 cm³/mol. The number of esters is 1. The van der Waals surface area contributed by atoms with Gasteiger partial charge >= 0.3 is 5.97 Å². The number of Topliss-reactive ketones (excluding diaryl/α,β-unsaturated/α-hetero) is 1. The molecule has 0 aliphatic carbocycles. The minimum absolute atomic E-state index is 0.204. The summed E-state index contributed by atoms with van der Waals surface area (Å²) in [4.78, 5) is 40.9. The first-order valence-electron chi connectivity index (χ1n) is 9.11. The van der Waals surface area contributed by atoms with E-state index in [4.69, 9.17) is 14.2 Å². The van der Waals surface area contributed by atoms with Crippen LogP contribution in [0.15, 0.2) is 29.6 Å². The summed E-state index contributed by atoms with van der Waals surface area (Å²) in [5.74, 6) is -0.765. The number of benzene rings is 1. The number of hydrogen-bond donors (Lipinski definition) is 1. The topological polar surface area (TPSA) is 104 Å². The number of carbonyl (C=O) groups is 3. The zero-order valence-corrected chi connectivity index (χ0v) is 18.1. The third-order valence-corrected chi connectivity index (χ3v) is 5.76. The molecule has 0 aliphatic heterocycles. The van der Waals surface area contributed by atoms with E-state index < -0.39 is 17.7 Å². The van der Waals surface area contributed by atoms with Gasteiger partial charge in [-0.15, -0.1) is 22.7 Å². The molecule has 0 spiro atoms. The van der Waals surface area contributed by atoms with Gasteiger partial charge in [0.25, 0.3) is 5.91 Å². The van der Waals surface area contributed by atoms with Crippen molar-refractivity contribution >= 4 is 55.6 Å². The standard InChI is InChI=1S/C20H20N2O6S2/c1-3-27-17(24)11-15(23)13-6-9-29-19(13)22-18(25)20-21-14-5-4-12(10-16(14)30-20)28-8-7-26-2/h4-6,9-10H,3,7-8,11H2,1-2H3,(H,22,25). The molecule has 3 rings (SSSR count). The molecule has 30 heavy (non-hydrogen) atoms. The van der Waals surface area contributed by atoms with Crippen LogP contribution in [0.25, 0.3) is 10.2 Å². The highest BCUT2D eigenvalue weighted by Crippen LogP contribution is 2.29. The lowest BCUT2D eigenvalue weighted by Crippen LogP contribution is -2.15. The number of ether oxygens (including phenoxy) is 3. The van der Waals surface area contributed by atoms with Crippen molar-refractivity contribution in [3.05, 3.63) is 40.2 Å². The van der Waals surface area contributed by atoms with Gasteiger partial charge in [0.05, 0.1) is 29.0 Å². The fourth-order valence-electron chi connectivity index (χ4n) is 2.56. The van der Waals surface area contributed by atoms with Crippen molar-refractivity contribution in [2.75, 3.05) is 32.2 Å². The second-order valence-electron chi connectivity index (χ2n) is 6.01. The zero-order chi connectivity index (χ0) is 21.5. The Hall–Kier alpha value is -2.82. The number of thiophene rings is 1. The number of amides is 1. The van der Waals surface area contributed by atoms with Gasteiger partial charge in [-0.2, -0.15) is 0 Å². The lowest BCUT2D eigenvalue weighted by Gasteiger charge is -2.04. The maximum Gasteiger partial charge on any atom is 0.313 e. The minimum atomic E-state index is -0.597. The Kier molecular flexibility index (Phi) is 7.50. The highest BCUT2D eigenvalue weighted by atomic mass is 32.1. The van der Waals surface area contributed by atoms with E-state index >= 15 is 0 Å². The summed E-state index contributed by atoms with van der Waals surface area (Å²) in [6, 6.07) is 6.96. The van der Waals surface area contributed by atoms with Crippen molar-refractivity contribution in [2.24, 2.45) is 0 Å². The van der Waals surface area contributed by atoms with Crippen molar-refractivity contribution in [3.8, 4) is 5.75 Å². The first-order chi connectivity index (χ1) is 14.5. The summed E-state index contributed by atoms with van der Waals surface area (Å²) in [5.41, 5.74) is 0.949. The average molecular weight is 449 g/mol. The van der Waals surface area contributed by atoms with Crippen LogP contribution in [0.5, 0.6) is 5.75 Å². The van der Waals surface area contributed by atoms with Crippen molar-refractivity contribution in [2.45, 2.75) is 13.3 Å². The van der Waals surface area contributed by atoms with Gasteiger partial charge in [-0.05, 0) is 36.6 Å². The second-order valence-corrected chi connectivity index (χ2v) is 7.96. The number of hydrogen-bond acceptors (Lipinski definition) is 9. The van der Waals surface area contributed by atoms with Crippen LogP contribution in [0.2, 0.25) is 0 Å². The quantitative estimate of drug-likeness (QED) is 0.218. The number of thiazole rings is 1. The molecule has 1 amide bonds. The van der Waals surface area contributed by atoms with Crippen LogP contribution >= 0.6 is 22.7 Å². The molecule has 1 N–H and O–H groups in total. The molecule has 0 bridgehead atoms. The largest absolute Gasteiger partial charge is 0.491 e. The number of aromatic nitrogens is 1. The summed E-state index contributed by atoms with van der Waals surface area (Å²) in [6.07, 6.45) is -0.375. The molecular formula is C20H20N2O6S2. The highest BCUT2D eigenvalue weighted by molar-refractivity contribution is 7.20. The van der Waals surface area contributed by atoms with E-state index in [-0.39, 0.29) is 23.6 Å². The third-order valence-electron chi connectivity index (χ3n) is 3.91. The first-order valence-corrected chi connectivity index (χ1v) is 10.8. The molecule has 8 nitrogen and oxygen atoms in total. The number of nitrogens with zero attached hydrogens (tertiary/aromatic N) is 1. The number of rotatable bonds is 10. The number of carbonyl (C=O) groups excluding carboxylic acids is 3. The molecule has 0 saturated carbocycles. The Morgan fingerprint density at radius 1 is 1.17 bits per heavy atom. The van der Waals surface area contributed by atoms with Crippen molar-refractivity contribution in [1.29, 1.82) is 0 Å². The van der Waals surface area contributed by atoms with Gasteiger partial charge < -0.3 is 19.5 Å². The molecule has 158 valence electrons. The molecule has 1 aromatic carbocycles. The van der Waals surface area contributed by atoms with Gasteiger partial charge in [0.1, 0.15) is 23.8 Å². The van der Waals surface area contributed by atoms with Crippen LogP contribution < -0.4 is 10.1 Å². The van der Waals surface area contributed by atoms with Gasteiger partial charge in [0, 0.05) is 7.11 Å². The van der Waals surface area contributed by atoms with E-state index in [2.05, 4.69) is 10.3 Å². The second kappa shape index (κ2) is 10.3. The number of fused-ring (bicyclic) bond motifs is 1. The summed E-state index contributed by atoms with van der Waals surface area (Å²) >= 11 is 2.43. The molecule has 10 heteroatoms. The summed E-state index contributed by atoms with van der Waals surface area (Å²) < 4.78 is 16.2. The van der Waals surface area contributed by atoms with Crippen molar-refractivity contribution in [1.82, 2.24) is 4.98 Å². The predicted octanol–water partition coefficient (Wildman–Crippen LogP) is 3.77. The van der Waals surface area contributed by atoms with E-state index in [1.807, 2.05) is 6.07 Å². The van der Waals surface area contributed by atoms with Gasteiger partial charge in [-0.1, -0.05) is 0 Å². The Bertz CT molecular complexity index is 1060. The smallest absolute Gasteiger partial charge is 0.313 e. The zero-order valence-electron chi connectivity index (χ0n) is 16.4. The third kappa shape index (κ3) is 5.41. The van der Waals surface area contributed by atoms with Crippen LogP contribution in [-0.2, 0) is 14.3 Å².